The molecular formula is C18H17N3O3. The molecule has 0 aliphatic carbocycles. The van der Waals surface area contributed by atoms with Gasteiger partial charge in [-0.25, -0.2) is 4.98 Å². The quantitative estimate of drug-likeness (QED) is 0.862. The molecule has 1 amide bonds. The monoisotopic (exact) mass is 323 g/mol. The zero-order chi connectivity index (χ0) is 16.9. The molecule has 1 aliphatic heterocycles. The SMILES string of the molecule is COc1cccc(C(=O)N2CCC(Oc3cc(C#N)ccn3)C2)c1. The maximum absolute atomic E-state index is 12.6. The van der Waals surface area contributed by atoms with Crippen LogP contribution in [0.1, 0.15) is 22.3 Å². The van der Waals surface area contributed by atoms with Crippen LogP contribution in [0, 0.1) is 11.3 Å². The van der Waals surface area contributed by atoms with Crippen LogP contribution < -0.4 is 9.47 Å². The first-order valence-corrected chi connectivity index (χ1v) is 7.66. The van der Waals surface area contributed by atoms with E-state index in [1.165, 1.54) is 0 Å². The molecule has 2 heterocycles. The zero-order valence-electron chi connectivity index (χ0n) is 13.3. The molecule has 0 bridgehead atoms. The van der Waals surface area contributed by atoms with Crippen molar-refractivity contribution in [2.24, 2.45) is 0 Å². The van der Waals surface area contributed by atoms with Crippen LogP contribution in [0.3, 0.4) is 0 Å². The van der Waals surface area contributed by atoms with Crippen LogP contribution in [-0.2, 0) is 0 Å². The highest BCUT2D eigenvalue weighted by Gasteiger charge is 2.28. The first-order chi connectivity index (χ1) is 11.7. The van der Waals surface area contributed by atoms with E-state index in [1.807, 2.05) is 0 Å². The van der Waals surface area contributed by atoms with Gasteiger partial charge >= 0.3 is 0 Å². The second kappa shape index (κ2) is 7.01. The fourth-order valence-corrected chi connectivity index (χ4v) is 2.66. The lowest BCUT2D eigenvalue weighted by atomic mass is 10.2. The van der Waals surface area contributed by atoms with Crippen molar-refractivity contribution in [2.45, 2.75) is 12.5 Å². The van der Waals surface area contributed by atoms with Crippen molar-refractivity contribution in [3.05, 3.63) is 53.7 Å². The Balaban J connectivity index is 1.64. The van der Waals surface area contributed by atoms with E-state index in [2.05, 4.69) is 11.1 Å². The molecule has 0 radical (unpaired) electrons. The van der Waals surface area contributed by atoms with Crippen LogP contribution in [-0.4, -0.2) is 42.1 Å². The summed E-state index contributed by atoms with van der Waals surface area (Å²) in [6.07, 6.45) is 2.15. The average molecular weight is 323 g/mol. The van der Waals surface area contributed by atoms with Gasteiger partial charge in [0.1, 0.15) is 11.9 Å². The van der Waals surface area contributed by atoms with Gasteiger partial charge in [-0.1, -0.05) is 6.07 Å². The first-order valence-electron chi connectivity index (χ1n) is 7.66. The fraction of sp³-hybridized carbons (Fsp3) is 0.278. The van der Waals surface area contributed by atoms with E-state index < -0.39 is 0 Å². The molecule has 6 nitrogen and oxygen atoms in total. The highest BCUT2D eigenvalue weighted by atomic mass is 16.5. The van der Waals surface area contributed by atoms with Crippen molar-refractivity contribution in [1.29, 1.82) is 5.26 Å². The summed E-state index contributed by atoms with van der Waals surface area (Å²) in [4.78, 5) is 18.4. The number of likely N-dealkylation sites (tertiary alicyclic amines) is 1. The normalized spacial score (nSPS) is 16.5. The number of aromatic nitrogens is 1. The van der Waals surface area contributed by atoms with Crippen molar-refractivity contribution < 1.29 is 14.3 Å². The Hall–Kier alpha value is -3.07. The summed E-state index contributed by atoms with van der Waals surface area (Å²) in [5.41, 5.74) is 1.10. The van der Waals surface area contributed by atoms with E-state index in [-0.39, 0.29) is 12.0 Å². The van der Waals surface area contributed by atoms with Gasteiger partial charge in [0.2, 0.25) is 5.88 Å². The number of rotatable bonds is 4. The number of nitriles is 1. The standard InChI is InChI=1S/C18H17N3O3/c1-23-15-4-2-3-14(10-15)18(22)21-8-6-16(12-21)24-17-9-13(11-19)5-7-20-17/h2-5,7,9-10,16H,6,8,12H2,1H3. The van der Waals surface area contributed by atoms with Crippen molar-refractivity contribution >= 4 is 5.91 Å². The summed E-state index contributed by atoms with van der Waals surface area (Å²) in [6, 6.07) is 12.4. The summed E-state index contributed by atoms with van der Waals surface area (Å²) in [6.45, 7) is 1.12. The largest absolute Gasteiger partial charge is 0.497 e. The number of ether oxygens (including phenoxy) is 2. The molecule has 24 heavy (non-hydrogen) atoms. The van der Waals surface area contributed by atoms with Crippen molar-refractivity contribution in [1.82, 2.24) is 9.88 Å². The lowest BCUT2D eigenvalue weighted by Crippen LogP contribution is -2.31. The zero-order valence-corrected chi connectivity index (χ0v) is 13.3. The second-order valence-electron chi connectivity index (χ2n) is 5.51. The van der Waals surface area contributed by atoms with Crippen LogP contribution in [0.4, 0.5) is 0 Å². The van der Waals surface area contributed by atoms with Gasteiger partial charge < -0.3 is 14.4 Å². The third kappa shape index (κ3) is 3.46. The van der Waals surface area contributed by atoms with E-state index in [0.29, 0.717) is 35.8 Å². The average Bonchev–Trinajstić information content (AvgIpc) is 3.09. The third-order valence-corrected chi connectivity index (χ3v) is 3.90. The molecule has 1 fully saturated rings. The molecule has 1 aliphatic rings. The Morgan fingerprint density at radius 2 is 2.25 bits per heavy atom. The number of nitrogens with zero attached hydrogens (tertiary/aromatic N) is 3. The number of methoxy groups -OCH3 is 1. The number of carbonyl (C=O) groups excluding carboxylic acids is 1. The summed E-state index contributed by atoms with van der Waals surface area (Å²) < 4.78 is 11.0. The van der Waals surface area contributed by atoms with E-state index >= 15 is 0 Å². The van der Waals surface area contributed by atoms with Gasteiger partial charge in [-0.05, 0) is 24.3 Å². The third-order valence-electron chi connectivity index (χ3n) is 3.90. The maximum atomic E-state index is 12.6. The van der Waals surface area contributed by atoms with Gasteiger partial charge in [-0.2, -0.15) is 5.26 Å². The van der Waals surface area contributed by atoms with Crippen molar-refractivity contribution in [3.63, 3.8) is 0 Å². The topological polar surface area (TPSA) is 75.4 Å². The molecule has 1 saturated heterocycles. The van der Waals surface area contributed by atoms with Crippen molar-refractivity contribution in [3.8, 4) is 17.7 Å². The van der Waals surface area contributed by atoms with Gasteiger partial charge in [0.15, 0.2) is 0 Å². The molecule has 2 aromatic rings. The summed E-state index contributed by atoms with van der Waals surface area (Å²) in [5.74, 6) is 1.03. The Morgan fingerprint density at radius 1 is 1.38 bits per heavy atom. The molecule has 3 rings (SSSR count). The van der Waals surface area contributed by atoms with Gasteiger partial charge in [0.05, 0.1) is 25.3 Å². The van der Waals surface area contributed by atoms with Gasteiger partial charge in [-0.15, -0.1) is 0 Å². The molecule has 1 atom stereocenters. The molecule has 6 heteroatoms. The number of pyridine rings is 1. The van der Waals surface area contributed by atoms with Gasteiger partial charge in [-0.3, -0.25) is 4.79 Å². The van der Waals surface area contributed by atoms with E-state index in [9.17, 15) is 4.79 Å². The molecule has 1 unspecified atom stereocenters. The molecular weight excluding hydrogens is 306 g/mol. The maximum Gasteiger partial charge on any atom is 0.254 e. The Bertz CT molecular complexity index is 785. The van der Waals surface area contributed by atoms with E-state index in [4.69, 9.17) is 14.7 Å². The van der Waals surface area contributed by atoms with Crippen LogP contribution >= 0.6 is 0 Å². The minimum Gasteiger partial charge on any atom is -0.497 e. The molecule has 0 spiro atoms. The number of benzene rings is 1. The molecule has 1 aromatic heterocycles. The lowest BCUT2D eigenvalue weighted by Gasteiger charge is -2.17. The Labute approximate surface area is 140 Å². The number of carbonyl (C=O) groups is 1. The van der Waals surface area contributed by atoms with Crippen molar-refractivity contribution in [2.75, 3.05) is 20.2 Å². The first kappa shape index (κ1) is 15.8. The minimum absolute atomic E-state index is 0.0428. The van der Waals surface area contributed by atoms with Gasteiger partial charge in [0, 0.05) is 30.8 Å². The minimum atomic E-state index is -0.124. The lowest BCUT2D eigenvalue weighted by molar-refractivity contribution is 0.0771. The smallest absolute Gasteiger partial charge is 0.254 e. The van der Waals surface area contributed by atoms with Crippen LogP contribution in [0.15, 0.2) is 42.6 Å². The predicted octanol–water partition coefficient (Wildman–Crippen LogP) is 2.26. The van der Waals surface area contributed by atoms with E-state index in [1.54, 1.807) is 54.6 Å². The molecule has 1 aromatic carbocycles. The molecule has 122 valence electrons. The Morgan fingerprint density at radius 3 is 3.04 bits per heavy atom. The number of amides is 1. The highest BCUT2D eigenvalue weighted by Crippen LogP contribution is 2.20. The molecule has 0 N–H and O–H groups in total. The van der Waals surface area contributed by atoms with Gasteiger partial charge in [0.25, 0.3) is 5.91 Å². The summed E-state index contributed by atoms with van der Waals surface area (Å²) >= 11 is 0. The summed E-state index contributed by atoms with van der Waals surface area (Å²) in [7, 11) is 1.58. The fourth-order valence-electron chi connectivity index (χ4n) is 2.66. The highest BCUT2D eigenvalue weighted by molar-refractivity contribution is 5.94. The van der Waals surface area contributed by atoms with E-state index in [0.717, 1.165) is 6.42 Å². The summed E-state index contributed by atoms with van der Waals surface area (Å²) in [5, 5.41) is 8.91. The van der Waals surface area contributed by atoms with Crippen LogP contribution in [0.5, 0.6) is 11.6 Å². The predicted molar refractivity (Wildman–Crippen MR) is 86.9 cm³/mol. The number of hydrogen-bond acceptors (Lipinski definition) is 5. The molecule has 0 saturated carbocycles. The Kier molecular flexibility index (Phi) is 4.62. The number of hydrogen-bond donors (Lipinski definition) is 0. The van der Waals surface area contributed by atoms with Crippen LogP contribution in [0.25, 0.3) is 0 Å². The van der Waals surface area contributed by atoms with Crippen LogP contribution in [0.2, 0.25) is 0 Å². The second-order valence-corrected chi connectivity index (χ2v) is 5.51.